The lowest BCUT2D eigenvalue weighted by Gasteiger charge is -2.26. The van der Waals surface area contributed by atoms with Gasteiger partial charge >= 0.3 is 6.03 Å². The lowest BCUT2D eigenvalue weighted by Crippen LogP contribution is -2.38. The van der Waals surface area contributed by atoms with Gasteiger partial charge in [0, 0.05) is 11.9 Å². The lowest BCUT2D eigenvalue weighted by atomic mass is 10.0. The maximum atomic E-state index is 12.2. The van der Waals surface area contributed by atoms with E-state index >= 15 is 0 Å². The van der Waals surface area contributed by atoms with E-state index in [9.17, 15) is 9.59 Å². The smallest absolute Gasteiger partial charge is 0.312 e. The summed E-state index contributed by atoms with van der Waals surface area (Å²) in [6, 6.07) is -0.360. The van der Waals surface area contributed by atoms with Gasteiger partial charge in [0.1, 0.15) is 6.04 Å². The number of amides is 3. The van der Waals surface area contributed by atoms with Crippen molar-refractivity contribution in [3.05, 3.63) is 16.1 Å². The molecule has 0 radical (unpaired) electrons. The zero-order chi connectivity index (χ0) is 12.7. The monoisotopic (exact) mass is 265 g/mol. The van der Waals surface area contributed by atoms with Crippen LogP contribution in [0.1, 0.15) is 30.0 Å². The van der Waals surface area contributed by atoms with Crippen LogP contribution in [0.4, 0.5) is 4.79 Å². The number of carbonyl (C=O) groups is 2. The Kier molecular flexibility index (Phi) is 2.81. The van der Waals surface area contributed by atoms with Gasteiger partial charge in [-0.25, -0.2) is 9.78 Å². The summed E-state index contributed by atoms with van der Waals surface area (Å²) in [6.07, 6.45) is 2.83. The van der Waals surface area contributed by atoms with Crippen LogP contribution in [0.2, 0.25) is 0 Å². The van der Waals surface area contributed by atoms with E-state index in [0.717, 1.165) is 30.0 Å². The first-order chi connectivity index (χ1) is 8.66. The zero-order valence-corrected chi connectivity index (χ0v) is 11.1. The van der Waals surface area contributed by atoms with E-state index in [-0.39, 0.29) is 18.0 Å². The SMILES string of the molecule is Cc1nc(CN2C(=O)C3CCCCN3C2=O)cs1. The molecule has 6 heteroatoms. The van der Waals surface area contributed by atoms with Gasteiger partial charge in [0.15, 0.2) is 0 Å². The van der Waals surface area contributed by atoms with Gasteiger partial charge in [0.05, 0.1) is 17.2 Å². The second-order valence-corrected chi connectivity index (χ2v) is 5.83. The molecule has 0 spiro atoms. The number of hydrogen-bond acceptors (Lipinski definition) is 4. The number of piperidine rings is 1. The van der Waals surface area contributed by atoms with E-state index in [0.29, 0.717) is 13.1 Å². The second kappa shape index (κ2) is 4.35. The zero-order valence-electron chi connectivity index (χ0n) is 10.3. The molecule has 1 atom stereocenters. The maximum absolute atomic E-state index is 12.2. The summed E-state index contributed by atoms with van der Waals surface area (Å²) in [5, 5.41) is 2.87. The van der Waals surface area contributed by atoms with Crippen molar-refractivity contribution in [1.29, 1.82) is 0 Å². The van der Waals surface area contributed by atoms with Crippen LogP contribution in [0.15, 0.2) is 5.38 Å². The summed E-state index contributed by atoms with van der Waals surface area (Å²) < 4.78 is 0. The van der Waals surface area contributed by atoms with Crippen LogP contribution in [0.25, 0.3) is 0 Å². The molecule has 3 amide bonds. The molecule has 0 N–H and O–H groups in total. The summed E-state index contributed by atoms with van der Waals surface area (Å²) in [4.78, 5) is 31.7. The van der Waals surface area contributed by atoms with Gasteiger partial charge in [0.25, 0.3) is 5.91 Å². The molecule has 0 saturated carbocycles. The third kappa shape index (κ3) is 1.80. The minimum absolute atomic E-state index is 0.0506. The number of urea groups is 1. The number of carbonyl (C=O) groups excluding carboxylic acids is 2. The summed E-state index contributed by atoms with van der Waals surface area (Å²) in [7, 11) is 0. The summed E-state index contributed by atoms with van der Waals surface area (Å²) in [6.45, 7) is 2.95. The topological polar surface area (TPSA) is 53.5 Å². The molecule has 2 aliphatic heterocycles. The summed E-state index contributed by atoms with van der Waals surface area (Å²) >= 11 is 1.54. The second-order valence-electron chi connectivity index (χ2n) is 4.77. The largest absolute Gasteiger partial charge is 0.327 e. The molecular weight excluding hydrogens is 250 g/mol. The van der Waals surface area contributed by atoms with Crippen LogP contribution in [0.3, 0.4) is 0 Å². The first kappa shape index (κ1) is 11.6. The Morgan fingerprint density at radius 1 is 1.44 bits per heavy atom. The van der Waals surface area contributed by atoms with Crippen molar-refractivity contribution >= 4 is 23.3 Å². The Morgan fingerprint density at radius 2 is 2.28 bits per heavy atom. The van der Waals surface area contributed by atoms with Crippen molar-refractivity contribution in [3.63, 3.8) is 0 Å². The minimum atomic E-state index is -0.217. The maximum Gasteiger partial charge on any atom is 0.327 e. The van der Waals surface area contributed by atoms with Gasteiger partial charge < -0.3 is 4.90 Å². The van der Waals surface area contributed by atoms with Crippen molar-refractivity contribution in [2.45, 2.75) is 38.8 Å². The van der Waals surface area contributed by atoms with Crippen molar-refractivity contribution in [3.8, 4) is 0 Å². The fourth-order valence-electron chi connectivity index (χ4n) is 2.63. The van der Waals surface area contributed by atoms with E-state index in [1.807, 2.05) is 12.3 Å². The van der Waals surface area contributed by atoms with Crippen LogP contribution >= 0.6 is 11.3 Å². The highest BCUT2D eigenvalue weighted by atomic mass is 32.1. The molecule has 2 aliphatic rings. The molecule has 2 fully saturated rings. The third-order valence-corrected chi connectivity index (χ3v) is 4.34. The van der Waals surface area contributed by atoms with Crippen molar-refractivity contribution in [2.24, 2.45) is 0 Å². The van der Waals surface area contributed by atoms with Crippen LogP contribution < -0.4 is 0 Å². The van der Waals surface area contributed by atoms with Gasteiger partial charge in [-0.05, 0) is 26.2 Å². The van der Waals surface area contributed by atoms with Crippen LogP contribution in [0.5, 0.6) is 0 Å². The average molecular weight is 265 g/mol. The van der Waals surface area contributed by atoms with Crippen molar-refractivity contribution in [2.75, 3.05) is 6.54 Å². The third-order valence-electron chi connectivity index (χ3n) is 3.52. The number of rotatable bonds is 2. The van der Waals surface area contributed by atoms with Crippen LogP contribution in [-0.2, 0) is 11.3 Å². The first-order valence-corrected chi connectivity index (χ1v) is 7.08. The number of hydrogen-bond donors (Lipinski definition) is 0. The quantitative estimate of drug-likeness (QED) is 0.766. The lowest BCUT2D eigenvalue weighted by molar-refractivity contribution is -0.129. The molecule has 96 valence electrons. The Balaban J connectivity index is 1.80. The van der Waals surface area contributed by atoms with Gasteiger partial charge in [-0.2, -0.15) is 0 Å². The highest BCUT2D eigenvalue weighted by molar-refractivity contribution is 7.09. The molecule has 3 rings (SSSR count). The molecule has 18 heavy (non-hydrogen) atoms. The number of imide groups is 1. The van der Waals surface area contributed by atoms with Crippen molar-refractivity contribution in [1.82, 2.24) is 14.8 Å². The minimum Gasteiger partial charge on any atom is -0.312 e. The number of fused-ring (bicyclic) bond motifs is 1. The van der Waals surface area contributed by atoms with E-state index < -0.39 is 0 Å². The molecule has 5 nitrogen and oxygen atoms in total. The van der Waals surface area contributed by atoms with E-state index in [1.54, 1.807) is 16.2 Å². The summed E-state index contributed by atoms with van der Waals surface area (Å²) in [5.41, 5.74) is 0.805. The molecule has 1 aromatic rings. The predicted molar refractivity (Wildman–Crippen MR) is 67.1 cm³/mol. The molecule has 0 aromatic carbocycles. The Morgan fingerprint density at radius 3 is 2.94 bits per heavy atom. The first-order valence-electron chi connectivity index (χ1n) is 6.20. The van der Waals surface area contributed by atoms with Crippen LogP contribution in [0, 0.1) is 6.92 Å². The number of nitrogens with zero attached hydrogens (tertiary/aromatic N) is 3. The Bertz CT molecular complexity index is 475. The number of aryl methyl sites for hydroxylation is 1. The standard InChI is InChI=1S/C12H15N3O2S/c1-8-13-9(7-18-8)6-15-11(16)10-4-2-3-5-14(10)12(15)17/h7,10H,2-6H2,1H3. The molecule has 0 bridgehead atoms. The van der Waals surface area contributed by atoms with Crippen LogP contribution in [-0.4, -0.2) is 39.3 Å². The molecule has 3 heterocycles. The molecule has 1 unspecified atom stereocenters. The predicted octanol–water partition coefficient (Wildman–Crippen LogP) is 1.77. The normalized spacial score (nSPS) is 23.7. The summed E-state index contributed by atoms with van der Waals surface area (Å²) in [5.74, 6) is -0.0506. The highest BCUT2D eigenvalue weighted by Crippen LogP contribution is 2.27. The average Bonchev–Trinajstić information content (AvgIpc) is 2.88. The Labute approximate surface area is 109 Å². The van der Waals surface area contributed by atoms with E-state index in [2.05, 4.69) is 4.98 Å². The van der Waals surface area contributed by atoms with Gasteiger partial charge in [-0.1, -0.05) is 0 Å². The molecular formula is C12H15N3O2S. The molecule has 2 saturated heterocycles. The number of aromatic nitrogens is 1. The van der Waals surface area contributed by atoms with Crippen molar-refractivity contribution < 1.29 is 9.59 Å². The fourth-order valence-corrected chi connectivity index (χ4v) is 3.24. The van der Waals surface area contributed by atoms with E-state index in [1.165, 1.54) is 4.90 Å². The number of thiazole rings is 1. The van der Waals surface area contributed by atoms with Gasteiger partial charge in [-0.15, -0.1) is 11.3 Å². The fraction of sp³-hybridized carbons (Fsp3) is 0.583. The van der Waals surface area contributed by atoms with Gasteiger partial charge in [-0.3, -0.25) is 9.69 Å². The van der Waals surface area contributed by atoms with E-state index in [4.69, 9.17) is 0 Å². The Hall–Kier alpha value is -1.43. The molecule has 0 aliphatic carbocycles. The van der Waals surface area contributed by atoms with Gasteiger partial charge in [0.2, 0.25) is 0 Å². The highest BCUT2D eigenvalue weighted by Gasteiger charge is 2.45. The molecule has 1 aromatic heterocycles.